The summed E-state index contributed by atoms with van der Waals surface area (Å²) < 4.78 is 78.1. The van der Waals surface area contributed by atoms with Gasteiger partial charge in [0.25, 0.3) is 0 Å². The summed E-state index contributed by atoms with van der Waals surface area (Å²) in [5.74, 6) is -0.530. The van der Waals surface area contributed by atoms with Gasteiger partial charge in [0.15, 0.2) is 11.6 Å². The van der Waals surface area contributed by atoms with Gasteiger partial charge in [-0.2, -0.15) is 18.3 Å². The number of aromatic nitrogens is 4. The summed E-state index contributed by atoms with van der Waals surface area (Å²) in [4.78, 5) is 7.79. The molecule has 0 bridgehead atoms. The summed E-state index contributed by atoms with van der Waals surface area (Å²) >= 11 is 0. The molecule has 0 N–H and O–H groups in total. The molecule has 0 aliphatic rings. The number of ether oxygens (including phenoxy) is 2. The van der Waals surface area contributed by atoms with E-state index in [-0.39, 0.29) is 23.9 Å². The van der Waals surface area contributed by atoms with Crippen LogP contribution in [-0.4, -0.2) is 19.7 Å². The summed E-state index contributed by atoms with van der Waals surface area (Å²) in [6, 6.07) is 11.7. The van der Waals surface area contributed by atoms with E-state index in [2.05, 4.69) is 15.1 Å². The number of hydrogen-bond acceptors (Lipinski definition) is 5. The summed E-state index contributed by atoms with van der Waals surface area (Å²) in [6.45, 7) is -0.0275. The SMILES string of the molecule is Cn1nc(-c2c(F)cccc2F)nc1COc1ccc(Oc2ccc(C(F)(F)F)cn2)cc1. The minimum Gasteiger partial charge on any atom is -0.486 e. The van der Waals surface area contributed by atoms with E-state index in [1.54, 1.807) is 31.3 Å². The molecule has 0 saturated heterocycles. The first-order valence-corrected chi connectivity index (χ1v) is 9.49. The van der Waals surface area contributed by atoms with E-state index < -0.39 is 23.4 Å². The molecule has 0 amide bonds. The van der Waals surface area contributed by atoms with Gasteiger partial charge in [-0.15, -0.1) is 0 Å². The van der Waals surface area contributed by atoms with Gasteiger partial charge >= 0.3 is 6.18 Å². The molecule has 0 unspecified atom stereocenters. The van der Waals surface area contributed by atoms with Crippen molar-refractivity contribution < 1.29 is 31.4 Å². The minimum atomic E-state index is -4.47. The Hall–Kier alpha value is -4.02. The maximum Gasteiger partial charge on any atom is 0.417 e. The third-order valence-electron chi connectivity index (χ3n) is 4.52. The second-order valence-electron chi connectivity index (χ2n) is 6.82. The Labute approximate surface area is 184 Å². The quantitative estimate of drug-likeness (QED) is 0.352. The van der Waals surface area contributed by atoms with Crippen molar-refractivity contribution >= 4 is 0 Å². The van der Waals surface area contributed by atoms with Gasteiger partial charge in [-0.05, 0) is 42.5 Å². The lowest BCUT2D eigenvalue weighted by Crippen LogP contribution is -2.05. The first kappa shape index (κ1) is 22.2. The summed E-state index contributed by atoms with van der Waals surface area (Å²) in [5, 5.41) is 4.05. The molecule has 0 fully saturated rings. The van der Waals surface area contributed by atoms with Crippen molar-refractivity contribution in [1.29, 1.82) is 0 Å². The highest BCUT2D eigenvalue weighted by molar-refractivity contribution is 5.56. The molecule has 33 heavy (non-hydrogen) atoms. The monoisotopic (exact) mass is 462 g/mol. The number of aryl methyl sites for hydroxylation is 1. The van der Waals surface area contributed by atoms with Crippen LogP contribution in [0.2, 0.25) is 0 Å². The lowest BCUT2D eigenvalue weighted by Gasteiger charge is -2.09. The van der Waals surface area contributed by atoms with E-state index in [0.29, 0.717) is 23.5 Å². The molecular weight excluding hydrogens is 447 g/mol. The molecular formula is C22H15F5N4O2. The second-order valence-corrected chi connectivity index (χ2v) is 6.82. The van der Waals surface area contributed by atoms with E-state index in [1.165, 1.54) is 10.7 Å². The lowest BCUT2D eigenvalue weighted by molar-refractivity contribution is -0.137. The van der Waals surface area contributed by atoms with Crippen LogP contribution >= 0.6 is 0 Å². The van der Waals surface area contributed by atoms with Gasteiger partial charge in [-0.1, -0.05) is 6.07 Å². The highest BCUT2D eigenvalue weighted by Gasteiger charge is 2.30. The van der Waals surface area contributed by atoms with Gasteiger partial charge < -0.3 is 9.47 Å². The molecule has 0 spiro atoms. The van der Waals surface area contributed by atoms with Crippen molar-refractivity contribution in [3.8, 4) is 28.8 Å². The molecule has 2 aromatic heterocycles. The Bertz CT molecular complexity index is 1240. The van der Waals surface area contributed by atoms with Gasteiger partial charge in [0, 0.05) is 19.3 Å². The maximum absolute atomic E-state index is 14.0. The van der Waals surface area contributed by atoms with Crippen LogP contribution in [0.1, 0.15) is 11.4 Å². The Morgan fingerprint density at radius 2 is 1.58 bits per heavy atom. The molecule has 4 aromatic rings. The van der Waals surface area contributed by atoms with Crippen LogP contribution in [0, 0.1) is 11.6 Å². The fourth-order valence-electron chi connectivity index (χ4n) is 2.84. The number of nitrogens with zero attached hydrogens (tertiary/aromatic N) is 4. The highest BCUT2D eigenvalue weighted by atomic mass is 19.4. The molecule has 2 aromatic carbocycles. The first-order chi connectivity index (χ1) is 15.7. The molecule has 0 atom stereocenters. The molecule has 0 aliphatic heterocycles. The summed E-state index contributed by atoms with van der Waals surface area (Å²) in [7, 11) is 1.57. The Balaban J connectivity index is 1.40. The number of hydrogen-bond donors (Lipinski definition) is 0. The average Bonchev–Trinajstić information content (AvgIpc) is 3.13. The predicted molar refractivity (Wildman–Crippen MR) is 106 cm³/mol. The van der Waals surface area contributed by atoms with Crippen molar-refractivity contribution in [3.05, 3.63) is 83.8 Å². The Morgan fingerprint density at radius 3 is 2.18 bits per heavy atom. The van der Waals surface area contributed by atoms with Crippen LogP contribution in [0.3, 0.4) is 0 Å². The molecule has 2 heterocycles. The topological polar surface area (TPSA) is 62.1 Å². The van der Waals surface area contributed by atoms with E-state index in [0.717, 1.165) is 24.3 Å². The van der Waals surface area contributed by atoms with Crippen LogP contribution in [0.5, 0.6) is 17.4 Å². The third kappa shape index (κ3) is 5.08. The minimum absolute atomic E-state index is 0.00339. The molecule has 0 radical (unpaired) electrons. The number of rotatable bonds is 6. The van der Waals surface area contributed by atoms with Gasteiger partial charge in [0.1, 0.15) is 29.7 Å². The second kappa shape index (κ2) is 8.85. The molecule has 11 heteroatoms. The summed E-state index contributed by atoms with van der Waals surface area (Å²) in [6.07, 6.45) is -3.79. The Kier molecular flexibility index (Phi) is 5.95. The van der Waals surface area contributed by atoms with Crippen molar-refractivity contribution in [2.45, 2.75) is 12.8 Å². The molecule has 4 rings (SSSR count). The largest absolute Gasteiger partial charge is 0.486 e. The molecule has 0 aliphatic carbocycles. The first-order valence-electron chi connectivity index (χ1n) is 9.49. The van der Waals surface area contributed by atoms with Crippen LogP contribution in [0.25, 0.3) is 11.4 Å². The standard InChI is InChI=1S/C22H15F5N4O2/c1-31-18(29-21(30-31)20-16(23)3-2-4-17(20)24)12-32-14-6-8-15(9-7-14)33-19-10-5-13(11-28-19)22(25,26)27/h2-11H,12H2,1H3. The zero-order valence-electron chi connectivity index (χ0n) is 17.0. The van der Waals surface area contributed by atoms with E-state index in [9.17, 15) is 22.0 Å². The van der Waals surface area contributed by atoms with Crippen molar-refractivity contribution in [2.75, 3.05) is 0 Å². The highest BCUT2D eigenvalue weighted by Crippen LogP contribution is 2.30. The fourth-order valence-corrected chi connectivity index (χ4v) is 2.84. The van der Waals surface area contributed by atoms with Gasteiger partial charge in [0.05, 0.1) is 11.1 Å². The smallest absolute Gasteiger partial charge is 0.417 e. The van der Waals surface area contributed by atoms with Crippen LogP contribution < -0.4 is 9.47 Å². The summed E-state index contributed by atoms with van der Waals surface area (Å²) in [5.41, 5.74) is -1.19. The molecule has 0 saturated carbocycles. The van der Waals surface area contributed by atoms with Gasteiger partial charge in [-0.3, -0.25) is 0 Å². The van der Waals surface area contributed by atoms with E-state index in [1.807, 2.05) is 0 Å². The number of halogens is 5. The number of alkyl halides is 3. The zero-order valence-corrected chi connectivity index (χ0v) is 17.0. The van der Waals surface area contributed by atoms with Crippen LogP contribution in [-0.2, 0) is 19.8 Å². The van der Waals surface area contributed by atoms with E-state index in [4.69, 9.17) is 9.47 Å². The maximum atomic E-state index is 14.0. The van der Waals surface area contributed by atoms with Crippen LogP contribution in [0.4, 0.5) is 22.0 Å². The normalized spacial score (nSPS) is 11.5. The predicted octanol–water partition coefficient (Wildman–Crippen LogP) is 5.55. The van der Waals surface area contributed by atoms with Crippen molar-refractivity contribution in [1.82, 2.24) is 19.7 Å². The molecule has 170 valence electrons. The Morgan fingerprint density at radius 1 is 0.909 bits per heavy atom. The third-order valence-corrected chi connectivity index (χ3v) is 4.52. The molecule has 6 nitrogen and oxygen atoms in total. The number of benzene rings is 2. The van der Waals surface area contributed by atoms with Gasteiger partial charge in [0.2, 0.25) is 5.88 Å². The van der Waals surface area contributed by atoms with Crippen molar-refractivity contribution in [2.24, 2.45) is 7.05 Å². The van der Waals surface area contributed by atoms with Crippen molar-refractivity contribution in [3.63, 3.8) is 0 Å². The van der Waals surface area contributed by atoms with Crippen LogP contribution in [0.15, 0.2) is 60.8 Å². The van der Waals surface area contributed by atoms with Gasteiger partial charge in [-0.25, -0.2) is 23.4 Å². The van der Waals surface area contributed by atoms with E-state index >= 15 is 0 Å². The average molecular weight is 462 g/mol. The zero-order chi connectivity index (χ0) is 23.6. The lowest BCUT2D eigenvalue weighted by atomic mass is 10.2. The number of pyridine rings is 1. The fraction of sp³-hybridized carbons (Fsp3) is 0.136.